The van der Waals surface area contributed by atoms with Gasteiger partial charge in [0.15, 0.2) is 0 Å². The Bertz CT molecular complexity index is 259. The zero-order valence-electron chi connectivity index (χ0n) is 9.08. The first-order valence-corrected chi connectivity index (χ1v) is 4.77. The topological polar surface area (TPSA) is 34.1 Å². The van der Waals surface area contributed by atoms with Gasteiger partial charge in [-0.2, -0.15) is 0 Å². The Balaban J connectivity index is 2.56. The van der Waals surface area contributed by atoms with Crippen LogP contribution in [0.15, 0.2) is 24.5 Å². The molecule has 0 saturated carbocycles. The molecule has 14 heavy (non-hydrogen) atoms. The molecule has 0 spiro atoms. The summed E-state index contributed by atoms with van der Waals surface area (Å²) < 4.78 is 4.95. The highest BCUT2D eigenvalue weighted by Gasteiger charge is 2.19. The Hall–Kier alpha value is -0.930. The molecule has 0 fully saturated rings. The third-order valence-corrected chi connectivity index (χ3v) is 2.26. The van der Waals surface area contributed by atoms with Crippen molar-refractivity contribution in [3.63, 3.8) is 0 Å². The van der Waals surface area contributed by atoms with Crippen molar-refractivity contribution in [1.29, 1.82) is 0 Å². The van der Waals surface area contributed by atoms with Gasteiger partial charge in [0, 0.05) is 31.5 Å². The Morgan fingerprint density at radius 1 is 1.50 bits per heavy atom. The van der Waals surface area contributed by atoms with Gasteiger partial charge in [-0.1, -0.05) is 19.9 Å². The number of hydrogen-bond acceptors (Lipinski definition) is 3. The molecule has 0 aliphatic heterocycles. The maximum atomic E-state index is 4.95. The van der Waals surface area contributed by atoms with Crippen LogP contribution >= 0.6 is 0 Å². The Morgan fingerprint density at radius 3 is 2.86 bits per heavy atom. The third kappa shape index (κ3) is 3.09. The number of rotatable bonds is 5. The van der Waals surface area contributed by atoms with Crippen LogP contribution in [-0.4, -0.2) is 25.4 Å². The van der Waals surface area contributed by atoms with E-state index in [1.165, 1.54) is 5.56 Å². The first-order valence-electron chi connectivity index (χ1n) is 4.77. The lowest BCUT2D eigenvalue weighted by molar-refractivity contribution is 0.169. The normalized spacial score (nSPS) is 11.6. The van der Waals surface area contributed by atoms with Gasteiger partial charge in [-0.05, 0) is 11.6 Å². The van der Waals surface area contributed by atoms with Crippen LogP contribution in [0.2, 0.25) is 0 Å². The number of nitrogens with zero attached hydrogens (tertiary/aromatic N) is 1. The monoisotopic (exact) mass is 194 g/mol. The molecule has 1 rings (SSSR count). The lowest BCUT2D eigenvalue weighted by atomic mass is 9.86. The second kappa shape index (κ2) is 5.08. The van der Waals surface area contributed by atoms with E-state index in [2.05, 4.69) is 30.2 Å². The number of pyridine rings is 1. The summed E-state index contributed by atoms with van der Waals surface area (Å²) in [6, 6.07) is 4.06. The molecule has 1 aromatic heterocycles. The molecule has 0 amide bonds. The van der Waals surface area contributed by atoms with E-state index in [9.17, 15) is 0 Å². The molecule has 1 N–H and O–H groups in total. The van der Waals surface area contributed by atoms with E-state index in [-0.39, 0.29) is 5.41 Å². The third-order valence-electron chi connectivity index (χ3n) is 2.26. The first kappa shape index (κ1) is 11.1. The maximum absolute atomic E-state index is 4.95. The molecular weight excluding hydrogens is 176 g/mol. The van der Waals surface area contributed by atoms with Crippen molar-refractivity contribution in [2.24, 2.45) is 0 Å². The average Bonchev–Trinajstić information content (AvgIpc) is 2.19. The van der Waals surface area contributed by atoms with E-state index >= 15 is 0 Å². The van der Waals surface area contributed by atoms with Crippen LogP contribution in [0.3, 0.4) is 0 Å². The fourth-order valence-corrected chi connectivity index (χ4v) is 1.33. The van der Waals surface area contributed by atoms with Crippen molar-refractivity contribution < 1.29 is 4.74 Å². The molecule has 1 heterocycles. The summed E-state index contributed by atoms with van der Waals surface area (Å²) in [5, 5.41) is 3.22. The van der Waals surface area contributed by atoms with Crippen LogP contribution in [0.4, 0.5) is 0 Å². The molecule has 0 aromatic carbocycles. The van der Waals surface area contributed by atoms with Gasteiger partial charge in [-0.3, -0.25) is 10.3 Å². The van der Waals surface area contributed by atoms with Crippen molar-refractivity contribution in [2.75, 3.05) is 20.4 Å². The summed E-state index contributed by atoms with van der Waals surface area (Å²) in [6.45, 7) is 5.84. The van der Waals surface area contributed by atoms with Crippen molar-refractivity contribution in [3.8, 4) is 0 Å². The first-order chi connectivity index (χ1) is 6.67. The van der Waals surface area contributed by atoms with Crippen molar-refractivity contribution >= 4 is 0 Å². The second-order valence-electron chi connectivity index (χ2n) is 3.99. The van der Waals surface area contributed by atoms with E-state index in [4.69, 9.17) is 4.74 Å². The van der Waals surface area contributed by atoms with Crippen LogP contribution in [0, 0.1) is 0 Å². The summed E-state index contributed by atoms with van der Waals surface area (Å²) in [5.41, 5.74) is 1.33. The number of methoxy groups -OCH3 is 1. The number of ether oxygens (including phenoxy) is 1. The number of hydrogen-bond donors (Lipinski definition) is 1. The van der Waals surface area contributed by atoms with E-state index < -0.39 is 0 Å². The van der Waals surface area contributed by atoms with Crippen molar-refractivity contribution in [1.82, 2.24) is 10.3 Å². The molecule has 0 aliphatic rings. The zero-order valence-corrected chi connectivity index (χ0v) is 9.08. The maximum Gasteiger partial charge on any atom is 0.0961 e. The fourth-order valence-electron chi connectivity index (χ4n) is 1.33. The minimum Gasteiger partial charge on any atom is -0.370 e. The molecule has 0 saturated heterocycles. The standard InChI is InChI=1S/C11H18N2O/c1-11(2,8-13-9-14-3)10-5-4-6-12-7-10/h4-7,13H,8-9H2,1-3H3. The molecule has 78 valence electrons. The predicted octanol–water partition coefficient (Wildman–Crippen LogP) is 1.55. The lowest BCUT2D eigenvalue weighted by Gasteiger charge is -2.25. The highest BCUT2D eigenvalue weighted by molar-refractivity contribution is 5.19. The van der Waals surface area contributed by atoms with Gasteiger partial charge >= 0.3 is 0 Å². The van der Waals surface area contributed by atoms with E-state index in [1.54, 1.807) is 13.3 Å². The fraction of sp³-hybridized carbons (Fsp3) is 0.545. The van der Waals surface area contributed by atoms with Gasteiger partial charge in [0.25, 0.3) is 0 Å². The van der Waals surface area contributed by atoms with Gasteiger partial charge < -0.3 is 4.74 Å². The van der Waals surface area contributed by atoms with Gasteiger partial charge in [0.1, 0.15) is 0 Å². The summed E-state index contributed by atoms with van der Waals surface area (Å²) >= 11 is 0. The molecule has 0 radical (unpaired) electrons. The highest BCUT2D eigenvalue weighted by Crippen LogP contribution is 2.20. The number of aromatic nitrogens is 1. The quantitative estimate of drug-likeness (QED) is 0.570. The molecule has 3 nitrogen and oxygen atoms in total. The molecule has 1 aromatic rings. The molecule has 0 atom stereocenters. The summed E-state index contributed by atoms with van der Waals surface area (Å²) in [4.78, 5) is 4.12. The largest absolute Gasteiger partial charge is 0.370 e. The van der Waals surface area contributed by atoms with Gasteiger partial charge in [-0.15, -0.1) is 0 Å². The van der Waals surface area contributed by atoms with Gasteiger partial charge in [0.05, 0.1) is 6.73 Å². The van der Waals surface area contributed by atoms with Crippen molar-refractivity contribution in [2.45, 2.75) is 19.3 Å². The van der Waals surface area contributed by atoms with Crippen LogP contribution in [0.1, 0.15) is 19.4 Å². The SMILES string of the molecule is COCNCC(C)(C)c1cccnc1. The van der Waals surface area contributed by atoms with Gasteiger partial charge in [0.2, 0.25) is 0 Å². The molecular formula is C11H18N2O. The van der Waals surface area contributed by atoms with Crippen LogP contribution < -0.4 is 5.32 Å². The minimum absolute atomic E-state index is 0.0901. The van der Waals surface area contributed by atoms with Gasteiger partial charge in [-0.25, -0.2) is 0 Å². The molecule has 0 bridgehead atoms. The smallest absolute Gasteiger partial charge is 0.0961 e. The Kier molecular flexibility index (Phi) is 4.04. The van der Waals surface area contributed by atoms with Crippen LogP contribution in [-0.2, 0) is 10.2 Å². The summed E-state index contributed by atoms with van der Waals surface area (Å²) in [7, 11) is 1.68. The lowest BCUT2D eigenvalue weighted by Crippen LogP contribution is -2.33. The highest BCUT2D eigenvalue weighted by atomic mass is 16.5. The molecule has 3 heteroatoms. The van der Waals surface area contributed by atoms with Crippen LogP contribution in [0.25, 0.3) is 0 Å². The molecule has 0 unspecified atom stereocenters. The van der Waals surface area contributed by atoms with Crippen molar-refractivity contribution in [3.05, 3.63) is 30.1 Å². The minimum atomic E-state index is 0.0901. The number of nitrogens with one attached hydrogen (secondary N) is 1. The summed E-state index contributed by atoms with van der Waals surface area (Å²) in [5.74, 6) is 0. The van der Waals surface area contributed by atoms with Crippen LogP contribution in [0.5, 0.6) is 0 Å². The Labute approximate surface area is 85.5 Å². The molecule has 0 aliphatic carbocycles. The zero-order chi connectivity index (χ0) is 10.4. The van der Waals surface area contributed by atoms with E-state index in [1.807, 2.05) is 12.3 Å². The van der Waals surface area contributed by atoms with E-state index in [0.29, 0.717) is 6.73 Å². The Morgan fingerprint density at radius 2 is 2.29 bits per heavy atom. The summed E-state index contributed by atoms with van der Waals surface area (Å²) in [6.07, 6.45) is 3.71. The van der Waals surface area contributed by atoms with E-state index in [0.717, 1.165) is 6.54 Å². The average molecular weight is 194 g/mol. The second-order valence-corrected chi connectivity index (χ2v) is 3.99. The predicted molar refractivity (Wildman–Crippen MR) is 57.1 cm³/mol.